The van der Waals surface area contributed by atoms with Crippen molar-refractivity contribution in [2.24, 2.45) is 5.92 Å². The van der Waals surface area contributed by atoms with Crippen LogP contribution in [-0.4, -0.2) is 21.7 Å². The number of nitrogens with zero attached hydrogens (tertiary/aromatic N) is 2. The minimum absolute atomic E-state index is 0.323. The van der Waals surface area contributed by atoms with E-state index in [4.69, 9.17) is 0 Å². The molecule has 0 aliphatic rings. The predicted molar refractivity (Wildman–Crippen MR) is 70.7 cm³/mol. The zero-order chi connectivity index (χ0) is 12.5. The predicted octanol–water partition coefficient (Wildman–Crippen LogP) is 3.06. The van der Waals surface area contributed by atoms with Gasteiger partial charge in [-0.2, -0.15) is 5.10 Å². The fraction of sp³-hybridized carbons (Fsp3) is 0.846. The molecular weight excluding hydrogens is 212 g/mol. The van der Waals surface area contributed by atoms with Gasteiger partial charge < -0.3 is 5.32 Å². The van der Waals surface area contributed by atoms with Crippen LogP contribution < -0.4 is 5.32 Å². The van der Waals surface area contributed by atoms with Crippen LogP contribution in [0.2, 0.25) is 0 Å². The van der Waals surface area contributed by atoms with E-state index >= 15 is 0 Å². The molecule has 1 rings (SSSR count). The fourth-order valence-electron chi connectivity index (χ4n) is 2.24. The topological polar surface area (TPSA) is 53.6 Å². The summed E-state index contributed by atoms with van der Waals surface area (Å²) >= 11 is 0. The first-order chi connectivity index (χ1) is 8.31. The summed E-state index contributed by atoms with van der Waals surface area (Å²) in [6.07, 6.45) is 7.92. The molecule has 1 aromatic rings. The number of rotatable bonds is 9. The van der Waals surface area contributed by atoms with Crippen molar-refractivity contribution in [3.8, 4) is 0 Å². The Kier molecular flexibility index (Phi) is 6.86. The molecular formula is C13H26N4. The van der Waals surface area contributed by atoms with E-state index in [2.05, 4.69) is 41.3 Å². The normalized spacial score (nSPS) is 14.8. The molecule has 0 spiro atoms. The molecule has 1 aromatic heterocycles. The third-order valence-corrected chi connectivity index (χ3v) is 3.33. The van der Waals surface area contributed by atoms with Crippen LogP contribution >= 0.6 is 0 Å². The maximum atomic E-state index is 4.27. The van der Waals surface area contributed by atoms with Gasteiger partial charge in [-0.25, -0.2) is 4.98 Å². The van der Waals surface area contributed by atoms with Crippen LogP contribution in [0.5, 0.6) is 0 Å². The molecule has 0 saturated carbocycles. The first kappa shape index (κ1) is 14.2. The monoisotopic (exact) mass is 238 g/mol. The second-order valence-corrected chi connectivity index (χ2v) is 4.63. The van der Waals surface area contributed by atoms with Crippen molar-refractivity contribution in [1.29, 1.82) is 0 Å². The second kappa shape index (κ2) is 8.23. The molecule has 1 heterocycles. The van der Waals surface area contributed by atoms with Gasteiger partial charge >= 0.3 is 0 Å². The zero-order valence-corrected chi connectivity index (χ0v) is 11.4. The lowest BCUT2D eigenvalue weighted by molar-refractivity contribution is 0.349. The summed E-state index contributed by atoms with van der Waals surface area (Å²) in [7, 11) is 0. The lowest BCUT2D eigenvalue weighted by Gasteiger charge is -2.21. The molecule has 0 aliphatic carbocycles. The molecule has 4 heteroatoms. The Balaban J connectivity index is 2.52. The van der Waals surface area contributed by atoms with Crippen LogP contribution in [0.25, 0.3) is 0 Å². The highest BCUT2D eigenvalue weighted by Gasteiger charge is 2.18. The summed E-state index contributed by atoms with van der Waals surface area (Å²) in [5.41, 5.74) is 0. The summed E-state index contributed by atoms with van der Waals surface area (Å²) in [6, 6.07) is 0.323. The van der Waals surface area contributed by atoms with Crippen molar-refractivity contribution < 1.29 is 0 Å². The van der Waals surface area contributed by atoms with E-state index in [1.807, 2.05) is 0 Å². The van der Waals surface area contributed by atoms with Crippen molar-refractivity contribution >= 4 is 0 Å². The minimum Gasteiger partial charge on any atom is -0.308 e. The van der Waals surface area contributed by atoms with Gasteiger partial charge in [-0.1, -0.05) is 46.5 Å². The van der Waals surface area contributed by atoms with Gasteiger partial charge in [-0.3, -0.25) is 5.10 Å². The number of hydrogen-bond donors (Lipinski definition) is 2. The standard InChI is InChI=1S/C13H26N4/c1-4-7-8-11(5-2)9-12(14-6-3)13-15-10-16-17-13/h10-12,14H,4-9H2,1-3H3,(H,15,16,17). The number of H-pyrrole nitrogens is 1. The second-order valence-electron chi connectivity index (χ2n) is 4.63. The third-order valence-electron chi connectivity index (χ3n) is 3.33. The summed E-state index contributed by atoms with van der Waals surface area (Å²) in [6.45, 7) is 7.64. The van der Waals surface area contributed by atoms with Crippen LogP contribution in [0.15, 0.2) is 6.33 Å². The van der Waals surface area contributed by atoms with E-state index in [0.29, 0.717) is 6.04 Å². The third kappa shape index (κ3) is 4.86. The smallest absolute Gasteiger partial charge is 0.141 e. The average molecular weight is 238 g/mol. The maximum absolute atomic E-state index is 4.27. The number of aromatic amines is 1. The van der Waals surface area contributed by atoms with Gasteiger partial charge in [0.15, 0.2) is 0 Å². The van der Waals surface area contributed by atoms with E-state index in [-0.39, 0.29) is 0 Å². The van der Waals surface area contributed by atoms with Crippen LogP contribution in [0.3, 0.4) is 0 Å². The summed E-state index contributed by atoms with van der Waals surface area (Å²) in [5.74, 6) is 1.76. The van der Waals surface area contributed by atoms with Gasteiger partial charge in [0.25, 0.3) is 0 Å². The molecule has 4 nitrogen and oxygen atoms in total. The molecule has 0 fully saturated rings. The molecule has 98 valence electrons. The molecule has 0 amide bonds. The van der Waals surface area contributed by atoms with Crippen molar-refractivity contribution in [2.45, 2.75) is 58.9 Å². The van der Waals surface area contributed by atoms with Crippen molar-refractivity contribution in [2.75, 3.05) is 6.54 Å². The Labute approximate surface area is 105 Å². The number of nitrogens with one attached hydrogen (secondary N) is 2. The summed E-state index contributed by atoms with van der Waals surface area (Å²) in [4.78, 5) is 4.27. The number of hydrogen-bond acceptors (Lipinski definition) is 3. The molecule has 0 saturated heterocycles. The Morgan fingerprint density at radius 3 is 2.71 bits per heavy atom. The van der Waals surface area contributed by atoms with E-state index in [0.717, 1.165) is 24.7 Å². The Hall–Kier alpha value is -0.900. The van der Waals surface area contributed by atoms with Crippen molar-refractivity contribution in [3.63, 3.8) is 0 Å². The molecule has 17 heavy (non-hydrogen) atoms. The first-order valence-electron chi connectivity index (χ1n) is 6.90. The van der Waals surface area contributed by atoms with Gasteiger partial charge in [-0.15, -0.1) is 0 Å². The van der Waals surface area contributed by atoms with Crippen LogP contribution in [0.1, 0.15) is 64.7 Å². The van der Waals surface area contributed by atoms with Crippen LogP contribution in [0, 0.1) is 5.92 Å². The fourth-order valence-corrected chi connectivity index (χ4v) is 2.24. The Morgan fingerprint density at radius 1 is 1.35 bits per heavy atom. The van der Waals surface area contributed by atoms with Gasteiger partial charge in [0.1, 0.15) is 12.2 Å². The van der Waals surface area contributed by atoms with Gasteiger partial charge in [0.05, 0.1) is 6.04 Å². The van der Waals surface area contributed by atoms with E-state index in [9.17, 15) is 0 Å². The maximum Gasteiger partial charge on any atom is 0.141 e. The molecule has 2 atom stereocenters. The minimum atomic E-state index is 0.323. The van der Waals surface area contributed by atoms with E-state index in [1.54, 1.807) is 6.33 Å². The molecule has 2 unspecified atom stereocenters. The van der Waals surface area contributed by atoms with Crippen molar-refractivity contribution in [1.82, 2.24) is 20.5 Å². The summed E-state index contributed by atoms with van der Waals surface area (Å²) < 4.78 is 0. The lowest BCUT2D eigenvalue weighted by Crippen LogP contribution is -2.24. The lowest BCUT2D eigenvalue weighted by atomic mass is 9.92. The summed E-state index contributed by atoms with van der Waals surface area (Å²) in [5, 5.41) is 10.4. The van der Waals surface area contributed by atoms with Gasteiger partial charge in [0, 0.05) is 0 Å². The quantitative estimate of drug-likeness (QED) is 0.695. The molecule has 0 aromatic carbocycles. The highest BCUT2D eigenvalue weighted by atomic mass is 15.2. The molecule has 0 bridgehead atoms. The van der Waals surface area contributed by atoms with Crippen molar-refractivity contribution in [3.05, 3.63) is 12.2 Å². The highest BCUT2D eigenvalue weighted by Crippen LogP contribution is 2.24. The first-order valence-corrected chi connectivity index (χ1v) is 6.90. The Morgan fingerprint density at radius 2 is 2.18 bits per heavy atom. The molecule has 0 aliphatic heterocycles. The average Bonchev–Trinajstić information content (AvgIpc) is 2.87. The van der Waals surface area contributed by atoms with Gasteiger partial charge in [0.2, 0.25) is 0 Å². The van der Waals surface area contributed by atoms with Crippen LogP contribution in [0.4, 0.5) is 0 Å². The Bertz CT molecular complexity index is 271. The van der Waals surface area contributed by atoms with E-state index in [1.165, 1.54) is 25.7 Å². The molecule has 2 N–H and O–H groups in total. The SMILES string of the molecule is CCCCC(CC)CC(NCC)c1ncn[nH]1. The van der Waals surface area contributed by atoms with Gasteiger partial charge in [-0.05, 0) is 18.9 Å². The highest BCUT2D eigenvalue weighted by molar-refractivity contribution is 4.92. The molecule has 0 radical (unpaired) electrons. The number of aromatic nitrogens is 3. The number of unbranched alkanes of at least 4 members (excludes halogenated alkanes) is 1. The largest absolute Gasteiger partial charge is 0.308 e. The van der Waals surface area contributed by atoms with Crippen LogP contribution in [-0.2, 0) is 0 Å². The van der Waals surface area contributed by atoms with E-state index < -0.39 is 0 Å². The zero-order valence-electron chi connectivity index (χ0n) is 11.4.